The van der Waals surface area contributed by atoms with Gasteiger partial charge >= 0.3 is 6.03 Å². The summed E-state index contributed by atoms with van der Waals surface area (Å²) in [5.41, 5.74) is 4.32. The number of nitrogens with two attached hydrogens (primary N) is 1. The van der Waals surface area contributed by atoms with Crippen molar-refractivity contribution in [2.45, 2.75) is 18.4 Å². The van der Waals surface area contributed by atoms with Crippen LogP contribution < -0.4 is 16.4 Å². The average molecular weight is 226 g/mol. The van der Waals surface area contributed by atoms with Crippen LogP contribution in [0.5, 0.6) is 0 Å². The Balaban J connectivity index is 1.96. The molecule has 2 aliphatic heterocycles. The first-order chi connectivity index (χ1) is 7.52. The lowest BCUT2D eigenvalue weighted by Crippen LogP contribution is -2.55. The molecule has 2 rings (SSSR count). The van der Waals surface area contributed by atoms with Gasteiger partial charge in [-0.25, -0.2) is 4.79 Å². The molecule has 0 unspecified atom stereocenters. The minimum atomic E-state index is -0.773. The van der Waals surface area contributed by atoms with E-state index in [0.29, 0.717) is 25.9 Å². The highest BCUT2D eigenvalue weighted by Gasteiger charge is 2.47. The van der Waals surface area contributed by atoms with Gasteiger partial charge in [0.05, 0.1) is 6.54 Å². The zero-order valence-corrected chi connectivity index (χ0v) is 8.78. The number of primary amides is 1. The number of urea groups is 1. The Kier molecular flexibility index (Phi) is 2.55. The van der Waals surface area contributed by atoms with Gasteiger partial charge in [-0.1, -0.05) is 0 Å². The first-order valence-electron chi connectivity index (χ1n) is 5.16. The largest absolute Gasteiger partial charge is 0.369 e. The number of likely N-dealkylation sites (tertiary alicyclic amines) is 1. The number of carbonyl (C=O) groups excluding carboxylic acids is 3. The zero-order chi connectivity index (χ0) is 11.8. The summed E-state index contributed by atoms with van der Waals surface area (Å²) in [7, 11) is 0. The second kappa shape index (κ2) is 3.75. The number of hydrogen-bond acceptors (Lipinski definition) is 4. The molecular weight excluding hydrogens is 212 g/mol. The molecule has 2 saturated heterocycles. The highest BCUT2D eigenvalue weighted by Crippen LogP contribution is 2.25. The van der Waals surface area contributed by atoms with E-state index in [0.717, 1.165) is 0 Å². The maximum Gasteiger partial charge on any atom is 0.322 e. The van der Waals surface area contributed by atoms with Crippen molar-refractivity contribution in [3.63, 3.8) is 0 Å². The van der Waals surface area contributed by atoms with Crippen LogP contribution in [0, 0.1) is 0 Å². The molecule has 7 heteroatoms. The van der Waals surface area contributed by atoms with Gasteiger partial charge in [-0.05, 0) is 12.8 Å². The molecule has 7 nitrogen and oxygen atoms in total. The molecule has 0 saturated carbocycles. The number of hydrogen-bond donors (Lipinski definition) is 3. The van der Waals surface area contributed by atoms with E-state index in [-0.39, 0.29) is 18.4 Å². The molecule has 16 heavy (non-hydrogen) atoms. The average Bonchev–Trinajstić information content (AvgIpc) is 2.45. The lowest BCUT2D eigenvalue weighted by molar-refractivity contribution is -0.126. The second-order valence-corrected chi connectivity index (χ2v) is 4.23. The summed E-state index contributed by atoms with van der Waals surface area (Å²) in [4.78, 5) is 35.2. The van der Waals surface area contributed by atoms with Crippen LogP contribution in [0.15, 0.2) is 0 Å². The van der Waals surface area contributed by atoms with Crippen molar-refractivity contribution in [2.75, 3.05) is 19.6 Å². The summed E-state index contributed by atoms with van der Waals surface area (Å²) in [6.45, 7) is 1.36. The van der Waals surface area contributed by atoms with Crippen LogP contribution in [0.25, 0.3) is 0 Å². The van der Waals surface area contributed by atoms with Crippen molar-refractivity contribution in [1.82, 2.24) is 15.5 Å². The van der Waals surface area contributed by atoms with Gasteiger partial charge in [0.15, 0.2) is 0 Å². The predicted molar refractivity (Wildman–Crippen MR) is 54.3 cm³/mol. The van der Waals surface area contributed by atoms with Crippen molar-refractivity contribution < 1.29 is 14.4 Å². The molecule has 0 aromatic rings. The summed E-state index contributed by atoms with van der Waals surface area (Å²) >= 11 is 0. The number of piperidine rings is 1. The monoisotopic (exact) mass is 226 g/mol. The molecule has 0 aromatic heterocycles. The van der Waals surface area contributed by atoms with Crippen LogP contribution in [0.2, 0.25) is 0 Å². The Hall–Kier alpha value is -1.63. The van der Waals surface area contributed by atoms with Crippen molar-refractivity contribution in [3.05, 3.63) is 0 Å². The number of amides is 4. The molecule has 0 radical (unpaired) electrons. The fraction of sp³-hybridized carbons (Fsp3) is 0.667. The number of imide groups is 1. The van der Waals surface area contributed by atoms with Crippen LogP contribution in [-0.2, 0) is 9.59 Å². The number of nitrogens with one attached hydrogen (secondary N) is 2. The van der Waals surface area contributed by atoms with Gasteiger partial charge in [0.2, 0.25) is 5.91 Å². The van der Waals surface area contributed by atoms with Gasteiger partial charge in [-0.2, -0.15) is 0 Å². The third-order valence-electron chi connectivity index (χ3n) is 3.10. The van der Waals surface area contributed by atoms with Crippen molar-refractivity contribution >= 4 is 17.8 Å². The zero-order valence-electron chi connectivity index (χ0n) is 8.78. The van der Waals surface area contributed by atoms with Gasteiger partial charge < -0.3 is 11.1 Å². The van der Waals surface area contributed by atoms with Crippen LogP contribution >= 0.6 is 0 Å². The minimum absolute atomic E-state index is 0.200. The summed E-state index contributed by atoms with van der Waals surface area (Å²) in [6.07, 6.45) is 1.02. The molecule has 2 aliphatic rings. The molecule has 1 spiro atoms. The maximum atomic E-state index is 11.6. The maximum absolute atomic E-state index is 11.6. The van der Waals surface area contributed by atoms with Crippen LogP contribution in [0.3, 0.4) is 0 Å². The number of carbonyl (C=O) groups is 3. The highest BCUT2D eigenvalue weighted by molar-refractivity contribution is 6.07. The summed E-state index contributed by atoms with van der Waals surface area (Å²) in [5, 5.41) is 4.88. The van der Waals surface area contributed by atoms with Gasteiger partial charge in [0.25, 0.3) is 5.91 Å². The minimum Gasteiger partial charge on any atom is -0.369 e. The second-order valence-electron chi connectivity index (χ2n) is 4.23. The summed E-state index contributed by atoms with van der Waals surface area (Å²) in [5.74, 6) is -0.646. The van der Waals surface area contributed by atoms with Gasteiger partial charge in [0, 0.05) is 13.1 Å². The van der Waals surface area contributed by atoms with E-state index in [1.54, 1.807) is 0 Å². The normalized spacial score (nSPS) is 24.2. The topological polar surface area (TPSA) is 105 Å². The van der Waals surface area contributed by atoms with E-state index in [9.17, 15) is 14.4 Å². The number of nitrogens with zero attached hydrogens (tertiary/aromatic N) is 1. The van der Waals surface area contributed by atoms with Crippen molar-refractivity contribution in [2.24, 2.45) is 5.73 Å². The SMILES string of the molecule is NC(=O)CN1CCC2(CC1)NC(=O)NC2=O. The predicted octanol–water partition coefficient (Wildman–Crippen LogP) is -1.85. The Morgan fingerprint density at radius 3 is 2.44 bits per heavy atom. The molecule has 0 aromatic carbocycles. The number of rotatable bonds is 2. The third kappa shape index (κ3) is 1.85. The Labute approximate surface area is 92.3 Å². The third-order valence-corrected chi connectivity index (χ3v) is 3.10. The Morgan fingerprint density at radius 1 is 1.38 bits per heavy atom. The highest BCUT2D eigenvalue weighted by atomic mass is 16.2. The Bertz CT molecular complexity index is 347. The smallest absolute Gasteiger partial charge is 0.322 e. The first-order valence-corrected chi connectivity index (χ1v) is 5.16. The molecule has 2 fully saturated rings. The fourth-order valence-corrected chi connectivity index (χ4v) is 2.19. The molecule has 0 bridgehead atoms. The van der Waals surface area contributed by atoms with E-state index in [4.69, 9.17) is 5.73 Å². The van der Waals surface area contributed by atoms with Crippen LogP contribution in [0.4, 0.5) is 4.79 Å². The summed E-state index contributed by atoms with van der Waals surface area (Å²) < 4.78 is 0. The van der Waals surface area contributed by atoms with Crippen LogP contribution in [-0.4, -0.2) is 47.9 Å². The van der Waals surface area contributed by atoms with E-state index >= 15 is 0 Å². The first kappa shape index (κ1) is 10.9. The molecule has 2 heterocycles. The lowest BCUT2D eigenvalue weighted by Gasteiger charge is -2.36. The van der Waals surface area contributed by atoms with Gasteiger partial charge in [-0.3, -0.25) is 19.8 Å². The molecule has 4 N–H and O–H groups in total. The van der Waals surface area contributed by atoms with Gasteiger partial charge in [0.1, 0.15) is 5.54 Å². The molecule has 0 atom stereocenters. The molecule has 4 amide bonds. The molecule has 0 aliphatic carbocycles. The quantitative estimate of drug-likeness (QED) is 0.480. The van der Waals surface area contributed by atoms with Crippen molar-refractivity contribution in [3.8, 4) is 0 Å². The van der Waals surface area contributed by atoms with Crippen LogP contribution in [0.1, 0.15) is 12.8 Å². The van der Waals surface area contributed by atoms with Gasteiger partial charge in [-0.15, -0.1) is 0 Å². The van der Waals surface area contributed by atoms with E-state index in [2.05, 4.69) is 10.6 Å². The Morgan fingerprint density at radius 2 is 2.00 bits per heavy atom. The lowest BCUT2D eigenvalue weighted by atomic mass is 9.88. The van der Waals surface area contributed by atoms with Crippen molar-refractivity contribution in [1.29, 1.82) is 0 Å². The standard InChI is InChI=1S/C9H14N4O3/c10-6(14)5-13-3-1-9(2-4-13)7(15)11-8(16)12-9/h1-5H2,(H2,10,14)(H2,11,12,15,16). The fourth-order valence-electron chi connectivity index (χ4n) is 2.19. The molecule has 88 valence electrons. The van der Waals surface area contributed by atoms with E-state index < -0.39 is 11.6 Å². The summed E-state index contributed by atoms with van der Waals surface area (Å²) in [6, 6.07) is -0.437. The molecular formula is C9H14N4O3. The van der Waals surface area contributed by atoms with E-state index in [1.165, 1.54) is 0 Å². The van der Waals surface area contributed by atoms with E-state index in [1.807, 2.05) is 4.90 Å².